The van der Waals surface area contributed by atoms with Crippen LogP contribution >= 0.6 is 0 Å². The van der Waals surface area contributed by atoms with Crippen molar-refractivity contribution in [3.05, 3.63) is 52.3 Å². The molecule has 0 amide bonds. The maximum Gasteiger partial charge on any atom is 0.340 e. The molecule has 0 saturated heterocycles. The summed E-state index contributed by atoms with van der Waals surface area (Å²) in [5, 5.41) is 0. The lowest BCUT2D eigenvalue weighted by atomic mass is 10.1. The Kier molecular flexibility index (Phi) is 8.57. The summed E-state index contributed by atoms with van der Waals surface area (Å²) < 4.78 is 37.9. The van der Waals surface area contributed by atoms with E-state index < -0.39 is 46.3 Å². The van der Waals surface area contributed by atoms with Gasteiger partial charge in [-0.3, -0.25) is 9.59 Å². The Morgan fingerprint density at radius 3 is 2.18 bits per heavy atom. The van der Waals surface area contributed by atoms with Gasteiger partial charge >= 0.3 is 11.9 Å². The smallest absolute Gasteiger partial charge is 0.340 e. The van der Waals surface area contributed by atoms with E-state index in [9.17, 15) is 22.8 Å². The molecule has 0 aliphatic carbocycles. The zero-order valence-electron chi connectivity index (χ0n) is 19.6. The molecular weight excluding hydrogens is 448 g/mol. The van der Waals surface area contributed by atoms with Crippen LogP contribution in [0.25, 0.3) is 0 Å². The number of aromatic nitrogens is 1. The molecule has 1 aromatic heterocycles. The molecule has 0 unspecified atom stereocenters. The van der Waals surface area contributed by atoms with Crippen molar-refractivity contribution in [3.8, 4) is 0 Å². The van der Waals surface area contributed by atoms with Gasteiger partial charge in [-0.05, 0) is 51.3 Å². The fourth-order valence-electron chi connectivity index (χ4n) is 3.25. The number of rotatable bonds is 10. The highest BCUT2D eigenvalue weighted by Gasteiger charge is 2.31. The van der Waals surface area contributed by atoms with Gasteiger partial charge in [0.1, 0.15) is 6.04 Å². The Balaban J connectivity index is 2.12. The summed E-state index contributed by atoms with van der Waals surface area (Å²) >= 11 is 0. The first-order valence-corrected chi connectivity index (χ1v) is 12.0. The number of ketones is 1. The lowest BCUT2D eigenvalue weighted by molar-refractivity contribution is -0.145. The van der Waals surface area contributed by atoms with Gasteiger partial charge in [0.2, 0.25) is 15.8 Å². The molecule has 0 radical (unpaired) electrons. The summed E-state index contributed by atoms with van der Waals surface area (Å²) in [5.41, 5.74) is 2.15. The van der Waals surface area contributed by atoms with Crippen LogP contribution < -0.4 is 4.72 Å². The van der Waals surface area contributed by atoms with E-state index in [1.807, 2.05) is 6.92 Å². The van der Waals surface area contributed by atoms with Gasteiger partial charge in [-0.15, -0.1) is 0 Å². The van der Waals surface area contributed by atoms with E-state index in [4.69, 9.17) is 9.47 Å². The number of hydrogen-bond acceptors (Lipinski definition) is 7. The number of sulfonamides is 1. The largest absolute Gasteiger partial charge is 0.462 e. The Morgan fingerprint density at radius 1 is 1.03 bits per heavy atom. The lowest BCUT2D eigenvalue weighted by Crippen LogP contribution is -2.45. The van der Waals surface area contributed by atoms with E-state index in [0.29, 0.717) is 11.3 Å². The minimum atomic E-state index is -3.97. The maximum atomic E-state index is 12.7. The second-order valence-electron chi connectivity index (χ2n) is 8.03. The molecule has 1 heterocycles. The van der Waals surface area contributed by atoms with Crippen molar-refractivity contribution < 1.29 is 32.3 Å². The number of Topliss-reactive ketones (excluding diaryl/α,β-unsaturated/α-hetero) is 1. The molecule has 33 heavy (non-hydrogen) atoms. The minimum Gasteiger partial charge on any atom is -0.462 e. The fraction of sp³-hybridized carbons (Fsp3) is 0.435. The molecule has 0 bridgehead atoms. The zero-order valence-corrected chi connectivity index (χ0v) is 20.5. The molecule has 9 nitrogen and oxygen atoms in total. The summed E-state index contributed by atoms with van der Waals surface area (Å²) in [6.07, 6.45) is 0. The third-order valence-electron chi connectivity index (χ3n) is 5.08. The van der Waals surface area contributed by atoms with E-state index in [-0.39, 0.29) is 22.8 Å². The van der Waals surface area contributed by atoms with Crippen LogP contribution in [0, 0.1) is 26.7 Å². The number of carbonyl (C=O) groups excluding carboxylic acids is 3. The number of H-pyrrole nitrogens is 1. The quantitative estimate of drug-likeness (QED) is 0.396. The number of carbonyl (C=O) groups is 3. The van der Waals surface area contributed by atoms with Crippen LogP contribution in [0.2, 0.25) is 0 Å². The lowest BCUT2D eigenvalue weighted by Gasteiger charge is -2.20. The molecule has 1 atom stereocenters. The Morgan fingerprint density at radius 2 is 1.64 bits per heavy atom. The second kappa shape index (κ2) is 10.8. The number of hydrogen-bond donors (Lipinski definition) is 2. The molecule has 0 spiro atoms. The van der Waals surface area contributed by atoms with Crippen molar-refractivity contribution in [1.82, 2.24) is 9.71 Å². The van der Waals surface area contributed by atoms with Crippen molar-refractivity contribution in [2.24, 2.45) is 5.92 Å². The third kappa shape index (κ3) is 6.29. The van der Waals surface area contributed by atoms with Gasteiger partial charge < -0.3 is 14.5 Å². The molecule has 2 rings (SSSR count). The van der Waals surface area contributed by atoms with Crippen molar-refractivity contribution in [2.45, 2.75) is 52.5 Å². The van der Waals surface area contributed by atoms with E-state index in [0.717, 1.165) is 5.56 Å². The minimum absolute atomic E-state index is 0.0200. The van der Waals surface area contributed by atoms with Crippen LogP contribution in [0.4, 0.5) is 0 Å². The molecule has 0 saturated carbocycles. The molecule has 0 fully saturated rings. The van der Waals surface area contributed by atoms with E-state index in [1.54, 1.807) is 46.8 Å². The van der Waals surface area contributed by atoms with Gasteiger partial charge in [-0.1, -0.05) is 31.5 Å². The average molecular weight is 479 g/mol. The predicted octanol–water partition coefficient (Wildman–Crippen LogP) is 2.85. The Bertz CT molecular complexity index is 1130. The number of benzene rings is 1. The van der Waals surface area contributed by atoms with Gasteiger partial charge in [-0.2, -0.15) is 4.72 Å². The molecule has 0 aliphatic rings. The summed E-state index contributed by atoms with van der Waals surface area (Å²) in [4.78, 5) is 40.3. The van der Waals surface area contributed by atoms with Crippen LogP contribution in [-0.2, 0) is 24.3 Å². The molecule has 2 aromatic rings. The monoisotopic (exact) mass is 478 g/mol. The van der Waals surface area contributed by atoms with Gasteiger partial charge in [-0.25, -0.2) is 13.2 Å². The summed E-state index contributed by atoms with van der Waals surface area (Å²) in [6, 6.07) is 5.01. The highest BCUT2D eigenvalue weighted by atomic mass is 32.2. The predicted molar refractivity (Wildman–Crippen MR) is 122 cm³/mol. The van der Waals surface area contributed by atoms with Crippen molar-refractivity contribution in [2.75, 3.05) is 13.2 Å². The van der Waals surface area contributed by atoms with Gasteiger partial charge in [0, 0.05) is 5.69 Å². The molecular formula is C23H30N2O7S. The average Bonchev–Trinajstić information content (AvgIpc) is 3.04. The first kappa shape index (κ1) is 26.3. The van der Waals surface area contributed by atoms with Crippen LogP contribution in [-0.4, -0.2) is 50.4 Å². The fourth-order valence-corrected chi connectivity index (χ4v) is 4.58. The van der Waals surface area contributed by atoms with E-state index >= 15 is 0 Å². The normalized spacial score (nSPS) is 12.5. The molecule has 0 aliphatic heterocycles. The van der Waals surface area contributed by atoms with Crippen LogP contribution in [0.1, 0.15) is 58.4 Å². The highest BCUT2D eigenvalue weighted by Crippen LogP contribution is 2.20. The Labute approximate surface area is 193 Å². The van der Waals surface area contributed by atoms with Crippen molar-refractivity contribution in [1.29, 1.82) is 0 Å². The zero-order chi connectivity index (χ0) is 24.9. The number of esters is 2. The molecule has 10 heteroatoms. The molecule has 2 N–H and O–H groups in total. The number of aromatic amines is 1. The number of nitrogens with one attached hydrogen (secondary N) is 2. The standard InChI is InChI=1S/C23H30N2O7S/c1-7-31-22(27)19-15(5)21(24-16(19)6)18(26)12-32-23(28)20(13(2)3)25-33(29,30)17-10-8-14(4)9-11-17/h8-11,13,20,24-25H,7,12H2,1-6H3/t20-/m1/s1. The molecule has 180 valence electrons. The second-order valence-corrected chi connectivity index (χ2v) is 9.75. The van der Waals surface area contributed by atoms with Crippen LogP contribution in [0.5, 0.6) is 0 Å². The number of ether oxygens (including phenoxy) is 2. The topological polar surface area (TPSA) is 132 Å². The third-order valence-corrected chi connectivity index (χ3v) is 6.53. The summed E-state index contributed by atoms with van der Waals surface area (Å²) in [7, 11) is -3.97. The number of aryl methyl sites for hydroxylation is 2. The summed E-state index contributed by atoms with van der Waals surface area (Å²) in [6.45, 7) is 9.65. The first-order valence-electron chi connectivity index (χ1n) is 10.5. The van der Waals surface area contributed by atoms with Crippen LogP contribution in [0.15, 0.2) is 29.2 Å². The van der Waals surface area contributed by atoms with Gasteiger partial charge in [0.15, 0.2) is 6.61 Å². The first-order chi connectivity index (χ1) is 15.4. The van der Waals surface area contributed by atoms with E-state index in [1.165, 1.54) is 12.1 Å². The highest BCUT2D eigenvalue weighted by molar-refractivity contribution is 7.89. The summed E-state index contributed by atoms with van der Waals surface area (Å²) in [5.74, 6) is -2.41. The SMILES string of the molecule is CCOC(=O)c1c(C)[nH]c(C(=O)COC(=O)[C@H](NS(=O)(=O)c2ccc(C)cc2)C(C)C)c1C. The van der Waals surface area contributed by atoms with Crippen molar-refractivity contribution in [3.63, 3.8) is 0 Å². The van der Waals surface area contributed by atoms with Crippen molar-refractivity contribution >= 4 is 27.7 Å². The van der Waals surface area contributed by atoms with Crippen LogP contribution in [0.3, 0.4) is 0 Å². The maximum absolute atomic E-state index is 12.7. The van der Waals surface area contributed by atoms with Gasteiger partial charge in [0.05, 0.1) is 22.8 Å². The Hall–Kier alpha value is -2.98. The van der Waals surface area contributed by atoms with E-state index in [2.05, 4.69) is 9.71 Å². The van der Waals surface area contributed by atoms with Gasteiger partial charge in [0.25, 0.3) is 0 Å². The molecule has 1 aromatic carbocycles.